The molecule has 0 radical (unpaired) electrons. The van der Waals surface area contributed by atoms with Crippen LogP contribution in [0, 0.1) is 5.92 Å². The molecule has 0 aliphatic carbocycles. The van der Waals surface area contributed by atoms with Crippen LogP contribution in [0.2, 0.25) is 0 Å². The molecule has 9 nitrogen and oxygen atoms in total. The van der Waals surface area contributed by atoms with E-state index in [0.29, 0.717) is 29.9 Å². The Morgan fingerprint density at radius 1 is 1.19 bits per heavy atom. The molecule has 3 N–H and O–H groups in total. The number of hydrogen-bond donors (Lipinski definition) is 2. The number of benzene rings is 1. The summed E-state index contributed by atoms with van der Waals surface area (Å²) in [7, 11) is -3.50. The number of hydrogen-bond acceptors (Lipinski definition) is 6. The smallest absolute Gasteiger partial charge is 0.251 e. The molecule has 142 valence electrons. The van der Waals surface area contributed by atoms with Gasteiger partial charge in [-0.1, -0.05) is 0 Å². The largest absolute Gasteiger partial charge is 0.454 e. The highest BCUT2D eigenvalue weighted by molar-refractivity contribution is 7.89. The van der Waals surface area contributed by atoms with Gasteiger partial charge in [0.15, 0.2) is 11.5 Å². The fraction of sp³-hybridized carbons (Fsp3) is 0.500. The topological polar surface area (TPSA) is 128 Å². The number of carbonyl (C=O) groups is 2. The van der Waals surface area contributed by atoms with Crippen molar-refractivity contribution < 1.29 is 27.5 Å². The fourth-order valence-electron chi connectivity index (χ4n) is 2.98. The molecule has 0 bridgehead atoms. The lowest BCUT2D eigenvalue weighted by atomic mass is 9.98. The highest BCUT2D eigenvalue weighted by atomic mass is 32.2. The predicted octanol–water partition coefficient (Wildman–Crippen LogP) is -0.328. The number of nitrogens with one attached hydrogen (secondary N) is 1. The molecule has 26 heavy (non-hydrogen) atoms. The van der Waals surface area contributed by atoms with E-state index in [1.807, 2.05) is 0 Å². The van der Waals surface area contributed by atoms with Gasteiger partial charge in [-0.2, -0.15) is 0 Å². The molecule has 2 amide bonds. The average Bonchev–Trinajstić information content (AvgIpc) is 3.09. The molecule has 2 aliphatic rings. The molecule has 3 rings (SSSR count). The molecule has 2 aliphatic heterocycles. The van der Waals surface area contributed by atoms with E-state index in [9.17, 15) is 18.0 Å². The van der Waals surface area contributed by atoms with Crippen molar-refractivity contribution in [3.8, 4) is 11.5 Å². The number of nitrogens with zero attached hydrogens (tertiary/aromatic N) is 1. The molecule has 0 aromatic heterocycles. The first-order valence-electron chi connectivity index (χ1n) is 8.32. The van der Waals surface area contributed by atoms with Crippen LogP contribution in [0.5, 0.6) is 11.5 Å². The van der Waals surface area contributed by atoms with Crippen molar-refractivity contribution in [1.82, 2.24) is 9.62 Å². The van der Waals surface area contributed by atoms with Crippen LogP contribution in [0.25, 0.3) is 0 Å². The van der Waals surface area contributed by atoms with Gasteiger partial charge < -0.3 is 20.5 Å². The standard InChI is InChI=1S/C16H21N3O6S/c17-15(20)11-3-6-19(7-4-11)26(22,23)8-5-18-16(21)12-1-2-13-14(9-12)25-10-24-13/h1-2,9,11H,3-8,10H2,(H2,17,20)(H,18,21). The molecule has 1 fully saturated rings. The number of nitrogens with two attached hydrogens (primary N) is 1. The van der Waals surface area contributed by atoms with Crippen molar-refractivity contribution in [3.05, 3.63) is 23.8 Å². The molecule has 0 atom stereocenters. The molecule has 1 aromatic carbocycles. The minimum atomic E-state index is -3.50. The van der Waals surface area contributed by atoms with Crippen LogP contribution < -0.4 is 20.5 Å². The first-order chi connectivity index (χ1) is 12.4. The Morgan fingerprint density at radius 3 is 2.58 bits per heavy atom. The van der Waals surface area contributed by atoms with Gasteiger partial charge in [0, 0.05) is 31.1 Å². The van der Waals surface area contributed by atoms with Crippen LogP contribution in [-0.2, 0) is 14.8 Å². The number of sulfonamides is 1. The summed E-state index contributed by atoms with van der Waals surface area (Å²) in [6.45, 7) is 0.647. The van der Waals surface area contributed by atoms with Gasteiger partial charge in [-0.3, -0.25) is 9.59 Å². The lowest BCUT2D eigenvalue weighted by Gasteiger charge is -2.29. The van der Waals surface area contributed by atoms with Gasteiger partial charge in [-0.05, 0) is 31.0 Å². The van der Waals surface area contributed by atoms with Gasteiger partial charge in [-0.15, -0.1) is 0 Å². The average molecular weight is 383 g/mol. The Balaban J connectivity index is 1.49. The molecule has 1 saturated heterocycles. The molecule has 0 spiro atoms. The van der Waals surface area contributed by atoms with Crippen LogP contribution in [-0.4, -0.2) is 56.7 Å². The zero-order valence-corrected chi connectivity index (χ0v) is 15.0. The Morgan fingerprint density at radius 2 is 1.88 bits per heavy atom. The zero-order chi connectivity index (χ0) is 18.7. The van der Waals surface area contributed by atoms with Crippen LogP contribution in [0.3, 0.4) is 0 Å². The van der Waals surface area contributed by atoms with Crippen molar-refractivity contribution in [2.75, 3.05) is 32.2 Å². The second kappa shape index (κ2) is 7.50. The maximum absolute atomic E-state index is 12.4. The van der Waals surface area contributed by atoms with E-state index in [1.54, 1.807) is 18.2 Å². The van der Waals surface area contributed by atoms with Gasteiger partial charge in [0.2, 0.25) is 22.7 Å². The number of ether oxygens (including phenoxy) is 2. The quantitative estimate of drug-likeness (QED) is 0.692. The SMILES string of the molecule is NC(=O)C1CCN(S(=O)(=O)CCNC(=O)c2ccc3c(c2)OCO3)CC1. The fourth-order valence-corrected chi connectivity index (χ4v) is 4.37. The van der Waals surface area contributed by atoms with Crippen molar-refractivity contribution in [2.45, 2.75) is 12.8 Å². The highest BCUT2D eigenvalue weighted by Crippen LogP contribution is 2.32. The maximum Gasteiger partial charge on any atom is 0.251 e. The second-order valence-corrected chi connectivity index (χ2v) is 8.30. The molecular weight excluding hydrogens is 362 g/mol. The van der Waals surface area contributed by atoms with E-state index < -0.39 is 15.9 Å². The van der Waals surface area contributed by atoms with Gasteiger partial charge >= 0.3 is 0 Å². The first-order valence-corrected chi connectivity index (χ1v) is 9.93. The lowest BCUT2D eigenvalue weighted by molar-refractivity contribution is -0.122. The van der Waals surface area contributed by atoms with Crippen LogP contribution in [0.1, 0.15) is 23.2 Å². The first kappa shape index (κ1) is 18.5. The summed E-state index contributed by atoms with van der Waals surface area (Å²) in [5.41, 5.74) is 5.62. The number of piperidine rings is 1. The summed E-state index contributed by atoms with van der Waals surface area (Å²) in [6.07, 6.45) is 0.857. The summed E-state index contributed by atoms with van der Waals surface area (Å²) in [5, 5.41) is 2.60. The van der Waals surface area contributed by atoms with Crippen molar-refractivity contribution in [3.63, 3.8) is 0 Å². The highest BCUT2D eigenvalue weighted by Gasteiger charge is 2.30. The lowest BCUT2D eigenvalue weighted by Crippen LogP contribution is -2.44. The van der Waals surface area contributed by atoms with E-state index >= 15 is 0 Å². The van der Waals surface area contributed by atoms with Crippen molar-refractivity contribution >= 4 is 21.8 Å². The van der Waals surface area contributed by atoms with E-state index in [-0.39, 0.29) is 44.0 Å². The van der Waals surface area contributed by atoms with E-state index in [1.165, 1.54) is 4.31 Å². The molecule has 0 saturated carbocycles. The summed E-state index contributed by atoms with van der Waals surface area (Å²) in [6, 6.07) is 4.78. The zero-order valence-electron chi connectivity index (χ0n) is 14.1. The summed E-state index contributed by atoms with van der Waals surface area (Å²) in [4.78, 5) is 23.3. The second-order valence-electron chi connectivity index (χ2n) is 6.22. The molecule has 10 heteroatoms. The van der Waals surface area contributed by atoms with Gasteiger partial charge in [0.05, 0.1) is 5.75 Å². The Bertz CT molecular complexity index is 802. The summed E-state index contributed by atoms with van der Waals surface area (Å²) < 4.78 is 36.5. The number of fused-ring (bicyclic) bond motifs is 1. The van der Waals surface area contributed by atoms with E-state index in [2.05, 4.69) is 5.32 Å². The van der Waals surface area contributed by atoms with Crippen molar-refractivity contribution in [2.24, 2.45) is 11.7 Å². The van der Waals surface area contributed by atoms with Gasteiger partial charge in [-0.25, -0.2) is 12.7 Å². The third-order valence-electron chi connectivity index (χ3n) is 4.53. The number of primary amides is 1. The third-order valence-corrected chi connectivity index (χ3v) is 6.40. The molecule has 1 aromatic rings. The monoisotopic (exact) mass is 383 g/mol. The van der Waals surface area contributed by atoms with E-state index in [0.717, 1.165) is 0 Å². The summed E-state index contributed by atoms with van der Waals surface area (Å²) in [5.74, 6) is -0.188. The van der Waals surface area contributed by atoms with Crippen LogP contribution >= 0.6 is 0 Å². The van der Waals surface area contributed by atoms with Crippen molar-refractivity contribution in [1.29, 1.82) is 0 Å². The Labute approximate surface area is 151 Å². The predicted molar refractivity (Wildman–Crippen MR) is 92.2 cm³/mol. The summed E-state index contributed by atoms with van der Waals surface area (Å²) >= 11 is 0. The number of carbonyl (C=O) groups excluding carboxylic acids is 2. The van der Waals surface area contributed by atoms with Crippen LogP contribution in [0.15, 0.2) is 18.2 Å². The number of rotatable bonds is 6. The number of amides is 2. The minimum absolute atomic E-state index is 0.00857. The van der Waals surface area contributed by atoms with Gasteiger partial charge in [0.25, 0.3) is 5.91 Å². The van der Waals surface area contributed by atoms with Gasteiger partial charge in [0.1, 0.15) is 0 Å². The third kappa shape index (κ3) is 4.07. The normalized spacial score (nSPS) is 17.8. The molecule has 0 unspecified atom stereocenters. The maximum atomic E-state index is 12.4. The minimum Gasteiger partial charge on any atom is -0.454 e. The molecular formula is C16H21N3O6S. The molecule has 2 heterocycles. The Kier molecular flexibility index (Phi) is 5.33. The van der Waals surface area contributed by atoms with Crippen LogP contribution in [0.4, 0.5) is 0 Å². The Hall–Kier alpha value is -2.33. The van der Waals surface area contributed by atoms with E-state index in [4.69, 9.17) is 15.2 Å².